The molecule has 0 aliphatic carbocycles. The smallest absolute Gasteiger partial charge is 0.272 e. The number of rotatable bonds is 10. The molecule has 0 radical (unpaired) electrons. The van der Waals surface area contributed by atoms with Crippen LogP contribution < -0.4 is 14.9 Å². The SMILES string of the molecule is CCOc1cc(/C=N\NC(=O)c2ccc(-n3c(C)ccc3C)cc2Cl)ccc1OCc1ccc([N+](=O)[O-])cc1. The molecule has 0 aliphatic rings. The number of carbonyl (C=O) groups excluding carboxylic acids is 1. The molecule has 0 spiro atoms. The van der Waals surface area contributed by atoms with Crippen LogP contribution in [0, 0.1) is 24.0 Å². The maximum Gasteiger partial charge on any atom is 0.272 e. The maximum atomic E-state index is 12.7. The average molecular weight is 547 g/mol. The number of benzene rings is 3. The molecule has 9 nitrogen and oxygen atoms in total. The molecule has 0 unspecified atom stereocenters. The van der Waals surface area contributed by atoms with Gasteiger partial charge in [0.25, 0.3) is 11.6 Å². The Kier molecular flexibility index (Phi) is 8.63. The number of aromatic nitrogens is 1. The fourth-order valence-electron chi connectivity index (χ4n) is 4.00. The number of nitro groups is 1. The Bertz CT molecular complexity index is 1510. The van der Waals surface area contributed by atoms with Crippen LogP contribution in [0.25, 0.3) is 5.69 Å². The molecule has 3 aromatic carbocycles. The van der Waals surface area contributed by atoms with Gasteiger partial charge in [0, 0.05) is 29.2 Å². The van der Waals surface area contributed by atoms with Gasteiger partial charge in [-0.1, -0.05) is 11.6 Å². The molecule has 4 rings (SSSR count). The zero-order chi connectivity index (χ0) is 27.9. The molecule has 200 valence electrons. The Balaban J connectivity index is 1.41. The fourth-order valence-corrected chi connectivity index (χ4v) is 4.26. The van der Waals surface area contributed by atoms with E-state index in [-0.39, 0.29) is 12.3 Å². The number of hydrogen-bond acceptors (Lipinski definition) is 6. The number of non-ortho nitro benzene ring substituents is 1. The first-order valence-electron chi connectivity index (χ1n) is 12.2. The van der Waals surface area contributed by atoms with Gasteiger partial charge in [0.05, 0.1) is 28.3 Å². The number of nitro benzene ring substituents is 1. The summed E-state index contributed by atoms with van der Waals surface area (Å²) in [5, 5.41) is 15.2. The van der Waals surface area contributed by atoms with Gasteiger partial charge in [-0.25, -0.2) is 5.43 Å². The molecule has 0 saturated carbocycles. The van der Waals surface area contributed by atoms with Crippen molar-refractivity contribution in [2.45, 2.75) is 27.4 Å². The van der Waals surface area contributed by atoms with Crippen molar-refractivity contribution >= 4 is 29.4 Å². The van der Waals surface area contributed by atoms with Gasteiger partial charge in [0.15, 0.2) is 11.5 Å². The lowest BCUT2D eigenvalue weighted by molar-refractivity contribution is -0.384. The van der Waals surface area contributed by atoms with Crippen LogP contribution in [-0.2, 0) is 6.61 Å². The van der Waals surface area contributed by atoms with Gasteiger partial charge >= 0.3 is 0 Å². The second kappa shape index (κ2) is 12.3. The summed E-state index contributed by atoms with van der Waals surface area (Å²) < 4.78 is 13.6. The molecule has 0 atom stereocenters. The van der Waals surface area contributed by atoms with E-state index in [1.807, 2.05) is 39.0 Å². The summed E-state index contributed by atoms with van der Waals surface area (Å²) in [5.74, 6) is 0.581. The van der Waals surface area contributed by atoms with Crippen molar-refractivity contribution in [3.05, 3.63) is 116 Å². The third-order valence-electron chi connectivity index (χ3n) is 5.92. The Morgan fingerprint density at radius 3 is 2.36 bits per heavy atom. The van der Waals surface area contributed by atoms with Gasteiger partial charge in [-0.2, -0.15) is 5.10 Å². The molecule has 0 fully saturated rings. The van der Waals surface area contributed by atoms with Gasteiger partial charge in [-0.05, 0) is 92.6 Å². The molecule has 1 amide bonds. The van der Waals surface area contributed by atoms with Gasteiger partial charge in [-0.3, -0.25) is 14.9 Å². The molecule has 0 bridgehead atoms. The summed E-state index contributed by atoms with van der Waals surface area (Å²) in [6.07, 6.45) is 1.50. The second-order valence-corrected chi connectivity index (χ2v) is 9.07. The van der Waals surface area contributed by atoms with Crippen molar-refractivity contribution in [2.24, 2.45) is 5.10 Å². The Morgan fingerprint density at radius 2 is 1.72 bits per heavy atom. The number of carbonyl (C=O) groups is 1. The van der Waals surface area contributed by atoms with Gasteiger partial charge in [0.1, 0.15) is 6.61 Å². The van der Waals surface area contributed by atoms with Crippen LogP contribution in [0.3, 0.4) is 0 Å². The third-order valence-corrected chi connectivity index (χ3v) is 6.23. The molecule has 4 aromatic rings. The Hall–Kier alpha value is -4.63. The molecular weight excluding hydrogens is 520 g/mol. The number of amides is 1. The van der Waals surface area contributed by atoms with E-state index in [0.717, 1.165) is 22.6 Å². The molecule has 1 N–H and O–H groups in total. The summed E-state index contributed by atoms with van der Waals surface area (Å²) in [6, 6.07) is 20.7. The van der Waals surface area contributed by atoms with E-state index in [2.05, 4.69) is 15.1 Å². The van der Waals surface area contributed by atoms with Crippen LogP contribution in [0.5, 0.6) is 11.5 Å². The molecule has 1 heterocycles. The molecule has 0 aliphatic heterocycles. The van der Waals surface area contributed by atoms with Crippen molar-refractivity contribution in [1.29, 1.82) is 0 Å². The predicted molar refractivity (Wildman–Crippen MR) is 150 cm³/mol. The first-order valence-corrected chi connectivity index (χ1v) is 12.6. The lowest BCUT2D eigenvalue weighted by atomic mass is 10.2. The number of aryl methyl sites for hydroxylation is 2. The van der Waals surface area contributed by atoms with E-state index in [4.69, 9.17) is 21.1 Å². The van der Waals surface area contributed by atoms with Crippen molar-refractivity contribution in [3.8, 4) is 17.2 Å². The number of hydrogen-bond donors (Lipinski definition) is 1. The normalized spacial score (nSPS) is 11.0. The van der Waals surface area contributed by atoms with Gasteiger partial charge < -0.3 is 14.0 Å². The van der Waals surface area contributed by atoms with E-state index >= 15 is 0 Å². The van der Waals surface area contributed by atoms with E-state index in [0.29, 0.717) is 34.3 Å². The van der Waals surface area contributed by atoms with Crippen molar-refractivity contribution < 1.29 is 19.2 Å². The standard InChI is InChI=1S/C29H27ClN4O5/c1-4-38-28-15-22(9-14-27(28)39-18-21-7-10-23(11-8-21)34(36)37)17-31-32-29(35)25-13-12-24(16-26(25)30)33-19(2)5-6-20(33)3/h5-17H,4,18H2,1-3H3,(H,32,35)/b31-17-. The first-order chi connectivity index (χ1) is 18.8. The highest BCUT2D eigenvalue weighted by Gasteiger charge is 2.13. The summed E-state index contributed by atoms with van der Waals surface area (Å²) >= 11 is 6.42. The highest BCUT2D eigenvalue weighted by molar-refractivity contribution is 6.34. The summed E-state index contributed by atoms with van der Waals surface area (Å²) in [7, 11) is 0. The summed E-state index contributed by atoms with van der Waals surface area (Å²) in [4.78, 5) is 23.1. The first kappa shape index (κ1) is 27.4. The molecule has 39 heavy (non-hydrogen) atoms. The van der Waals surface area contributed by atoms with Gasteiger partial charge in [0.2, 0.25) is 0 Å². The fraction of sp³-hybridized carbons (Fsp3) is 0.172. The quantitative estimate of drug-likeness (QED) is 0.141. The Morgan fingerprint density at radius 1 is 1.00 bits per heavy atom. The van der Waals surface area contributed by atoms with Crippen LogP contribution in [0.4, 0.5) is 5.69 Å². The second-order valence-electron chi connectivity index (χ2n) is 8.67. The highest BCUT2D eigenvalue weighted by Crippen LogP contribution is 2.29. The molecule has 0 saturated heterocycles. The topological polar surface area (TPSA) is 108 Å². The van der Waals surface area contributed by atoms with E-state index in [9.17, 15) is 14.9 Å². The predicted octanol–water partition coefficient (Wildman–Crippen LogP) is 6.40. The highest BCUT2D eigenvalue weighted by atomic mass is 35.5. The Labute approximate surface area is 230 Å². The van der Waals surface area contributed by atoms with Crippen LogP contribution in [0.15, 0.2) is 77.9 Å². The van der Waals surface area contributed by atoms with E-state index < -0.39 is 10.8 Å². The minimum Gasteiger partial charge on any atom is -0.490 e. The van der Waals surface area contributed by atoms with E-state index in [1.54, 1.807) is 42.5 Å². The monoisotopic (exact) mass is 546 g/mol. The van der Waals surface area contributed by atoms with Crippen LogP contribution in [-0.4, -0.2) is 28.2 Å². The number of halogens is 1. The van der Waals surface area contributed by atoms with Crippen LogP contribution in [0.2, 0.25) is 5.02 Å². The average Bonchev–Trinajstić information content (AvgIpc) is 3.26. The van der Waals surface area contributed by atoms with Gasteiger partial charge in [-0.15, -0.1) is 0 Å². The number of hydrazone groups is 1. The van der Waals surface area contributed by atoms with Crippen molar-refractivity contribution in [2.75, 3.05) is 6.61 Å². The minimum absolute atomic E-state index is 0.0193. The third kappa shape index (κ3) is 6.63. The molecule has 1 aromatic heterocycles. The summed E-state index contributed by atoms with van der Waals surface area (Å²) in [5.41, 5.74) is 7.31. The summed E-state index contributed by atoms with van der Waals surface area (Å²) in [6.45, 7) is 6.50. The lowest BCUT2D eigenvalue weighted by Gasteiger charge is -2.13. The maximum absolute atomic E-state index is 12.7. The number of nitrogens with one attached hydrogen (secondary N) is 1. The lowest BCUT2D eigenvalue weighted by Crippen LogP contribution is -2.18. The number of ether oxygens (including phenoxy) is 2. The van der Waals surface area contributed by atoms with Crippen molar-refractivity contribution in [3.63, 3.8) is 0 Å². The number of nitrogens with zero attached hydrogens (tertiary/aromatic N) is 3. The largest absolute Gasteiger partial charge is 0.490 e. The van der Waals surface area contributed by atoms with Crippen LogP contribution in [0.1, 0.15) is 39.8 Å². The van der Waals surface area contributed by atoms with Crippen LogP contribution >= 0.6 is 11.6 Å². The van der Waals surface area contributed by atoms with E-state index in [1.165, 1.54) is 18.3 Å². The zero-order valence-corrected chi connectivity index (χ0v) is 22.4. The molecular formula is C29H27ClN4O5. The minimum atomic E-state index is -0.447. The molecule has 10 heteroatoms. The van der Waals surface area contributed by atoms with Crippen molar-refractivity contribution in [1.82, 2.24) is 9.99 Å². The zero-order valence-electron chi connectivity index (χ0n) is 21.7.